The lowest BCUT2D eigenvalue weighted by atomic mass is 9.93. The van der Waals surface area contributed by atoms with Gasteiger partial charge >= 0.3 is 0 Å². The van der Waals surface area contributed by atoms with Crippen LogP contribution in [0.3, 0.4) is 0 Å². The first-order valence-corrected chi connectivity index (χ1v) is 7.78. The van der Waals surface area contributed by atoms with E-state index < -0.39 is 0 Å². The molecule has 2 rings (SSSR count). The first-order valence-electron chi connectivity index (χ1n) is 6.96. The molecule has 0 aromatic heterocycles. The van der Waals surface area contributed by atoms with Crippen LogP contribution in [0.15, 0.2) is 59.5 Å². The second-order valence-electron chi connectivity index (χ2n) is 6.10. The molecule has 0 heterocycles. The lowest BCUT2D eigenvalue weighted by Gasteiger charge is -2.16. The standard InChI is InChI=1S/C18H20O2S/c1-18(2,3)13-17(19)21-16-11-9-15(10-12-16)20-14-7-5-4-6-8-14/h4-12H,13H2,1-3H3. The van der Waals surface area contributed by atoms with Crippen molar-refractivity contribution in [2.45, 2.75) is 32.1 Å². The number of hydrogen-bond donors (Lipinski definition) is 0. The molecule has 0 saturated heterocycles. The summed E-state index contributed by atoms with van der Waals surface area (Å²) in [5, 5.41) is 0.194. The SMILES string of the molecule is CC(C)(C)CC(=O)Sc1ccc(Oc2ccccc2)cc1. The van der Waals surface area contributed by atoms with Gasteiger partial charge in [-0.25, -0.2) is 0 Å². The summed E-state index contributed by atoms with van der Waals surface area (Å²) in [6, 6.07) is 17.3. The molecule has 2 aromatic rings. The van der Waals surface area contributed by atoms with Gasteiger partial charge < -0.3 is 4.74 Å². The molecule has 2 aromatic carbocycles. The van der Waals surface area contributed by atoms with E-state index in [2.05, 4.69) is 20.8 Å². The van der Waals surface area contributed by atoms with Gasteiger partial charge in [0.05, 0.1) is 0 Å². The Bertz CT molecular complexity index is 583. The van der Waals surface area contributed by atoms with Gasteiger partial charge in [0.2, 0.25) is 0 Å². The van der Waals surface area contributed by atoms with E-state index >= 15 is 0 Å². The minimum absolute atomic E-state index is 0.0282. The number of benzene rings is 2. The van der Waals surface area contributed by atoms with Gasteiger partial charge in [0.1, 0.15) is 11.5 Å². The van der Waals surface area contributed by atoms with E-state index in [1.54, 1.807) is 0 Å². The Morgan fingerprint density at radius 3 is 2.10 bits per heavy atom. The summed E-state index contributed by atoms with van der Waals surface area (Å²) in [5.74, 6) is 1.58. The molecule has 0 amide bonds. The van der Waals surface area contributed by atoms with Crippen molar-refractivity contribution in [1.82, 2.24) is 0 Å². The number of para-hydroxylation sites is 1. The summed E-state index contributed by atoms with van der Waals surface area (Å²) in [6.07, 6.45) is 0.569. The smallest absolute Gasteiger partial charge is 0.194 e. The van der Waals surface area contributed by atoms with E-state index in [-0.39, 0.29) is 10.5 Å². The number of rotatable bonds is 4. The Morgan fingerprint density at radius 2 is 1.52 bits per heavy atom. The highest BCUT2D eigenvalue weighted by atomic mass is 32.2. The van der Waals surface area contributed by atoms with Gasteiger partial charge in [-0.3, -0.25) is 4.79 Å². The first kappa shape index (κ1) is 15.6. The molecule has 0 aliphatic carbocycles. The monoisotopic (exact) mass is 300 g/mol. The summed E-state index contributed by atoms with van der Waals surface area (Å²) in [7, 11) is 0. The molecule has 21 heavy (non-hydrogen) atoms. The summed E-state index contributed by atoms with van der Waals surface area (Å²) in [4.78, 5) is 12.9. The van der Waals surface area contributed by atoms with Crippen molar-refractivity contribution in [2.75, 3.05) is 0 Å². The molecule has 110 valence electrons. The van der Waals surface area contributed by atoms with Crippen LogP contribution in [0.25, 0.3) is 0 Å². The zero-order valence-electron chi connectivity index (χ0n) is 12.6. The minimum atomic E-state index is 0.0282. The Kier molecular flexibility index (Phi) is 5.07. The summed E-state index contributed by atoms with van der Waals surface area (Å²) < 4.78 is 5.72. The number of hydrogen-bond acceptors (Lipinski definition) is 3. The number of ether oxygens (including phenoxy) is 1. The molecule has 0 radical (unpaired) electrons. The van der Waals surface area contributed by atoms with Gasteiger partial charge in [-0.05, 0) is 41.8 Å². The van der Waals surface area contributed by atoms with Crippen molar-refractivity contribution < 1.29 is 9.53 Å². The van der Waals surface area contributed by atoms with Crippen molar-refractivity contribution in [3.05, 3.63) is 54.6 Å². The molecule has 0 aliphatic rings. The second-order valence-corrected chi connectivity index (χ2v) is 7.23. The lowest BCUT2D eigenvalue weighted by Crippen LogP contribution is -2.10. The van der Waals surface area contributed by atoms with Crippen molar-refractivity contribution in [3.63, 3.8) is 0 Å². The van der Waals surface area contributed by atoms with Crippen molar-refractivity contribution >= 4 is 16.9 Å². The fourth-order valence-corrected chi connectivity index (χ4v) is 2.84. The molecule has 0 spiro atoms. The normalized spacial score (nSPS) is 11.2. The van der Waals surface area contributed by atoms with Crippen LogP contribution in [-0.4, -0.2) is 5.12 Å². The van der Waals surface area contributed by atoms with E-state index in [0.717, 1.165) is 16.4 Å². The largest absolute Gasteiger partial charge is 0.457 e. The third kappa shape index (κ3) is 5.64. The van der Waals surface area contributed by atoms with Crippen molar-refractivity contribution in [1.29, 1.82) is 0 Å². The molecule has 0 atom stereocenters. The van der Waals surface area contributed by atoms with Crippen LogP contribution in [0.4, 0.5) is 0 Å². The minimum Gasteiger partial charge on any atom is -0.457 e. The van der Waals surface area contributed by atoms with Crippen molar-refractivity contribution in [2.24, 2.45) is 5.41 Å². The summed E-state index contributed by atoms with van der Waals surface area (Å²) >= 11 is 1.29. The van der Waals surface area contributed by atoms with Crippen LogP contribution in [0.2, 0.25) is 0 Å². The average Bonchev–Trinajstić information content (AvgIpc) is 2.40. The van der Waals surface area contributed by atoms with Crippen LogP contribution in [-0.2, 0) is 4.79 Å². The Labute approximate surface area is 130 Å². The second kappa shape index (κ2) is 6.81. The highest BCUT2D eigenvalue weighted by Crippen LogP contribution is 2.29. The van der Waals surface area contributed by atoms with E-state index in [4.69, 9.17) is 4.74 Å². The van der Waals surface area contributed by atoms with Crippen LogP contribution >= 0.6 is 11.8 Å². The van der Waals surface area contributed by atoms with E-state index in [0.29, 0.717) is 6.42 Å². The topological polar surface area (TPSA) is 26.3 Å². The van der Waals surface area contributed by atoms with Gasteiger partial charge in [0.15, 0.2) is 5.12 Å². The van der Waals surface area contributed by atoms with Gasteiger partial charge in [-0.1, -0.05) is 50.7 Å². The maximum absolute atomic E-state index is 11.9. The molecular weight excluding hydrogens is 280 g/mol. The quantitative estimate of drug-likeness (QED) is 0.694. The molecule has 3 heteroatoms. The molecule has 0 saturated carbocycles. The van der Waals surface area contributed by atoms with Crippen LogP contribution < -0.4 is 4.74 Å². The fraction of sp³-hybridized carbons (Fsp3) is 0.278. The maximum Gasteiger partial charge on any atom is 0.194 e. The predicted octanol–water partition coefficient (Wildman–Crippen LogP) is 5.53. The van der Waals surface area contributed by atoms with Gasteiger partial charge in [0, 0.05) is 11.3 Å². The van der Waals surface area contributed by atoms with Crippen LogP contribution in [0.5, 0.6) is 11.5 Å². The Balaban J connectivity index is 1.95. The Hall–Kier alpha value is -1.74. The lowest BCUT2D eigenvalue weighted by molar-refractivity contribution is -0.112. The van der Waals surface area contributed by atoms with E-state index in [1.807, 2.05) is 54.6 Å². The zero-order valence-corrected chi connectivity index (χ0v) is 13.4. The molecule has 0 bridgehead atoms. The maximum atomic E-state index is 11.9. The fourth-order valence-electron chi connectivity index (χ4n) is 1.80. The van der Waals surface area contributed by atoms with Crippen LogP contribution in [0, 0.1) is 5.41 Å². The van der Waals surface area contributed by atoms with Crippen molar-refractivity contribution in [3.8, 4) is 11.5 Å². The molecular formula is C18H20O2S. The molecule has 0 unspecified atom stereocenters. The number of carbonyl (C=O) groups is 1. The third-order valence-corrected chi connectivity index (χ3v) is 3.59. The molecule has 2 nitrogen and oxygen atoms in total. The highest BCUT2D eigenvalue weighted by molar-refractivity contribution is 8.13. The van der Waals surface area contributed by atoms with Gasteiger partial charge in [0.25, 0.3) is 0 Å². The Morgan fingerprint density at radius 1 is 0.952 bits per heavy atom. The van der Waals surface area contributed by atoms with E-state index in [9.17, 15) is 4.79 Å². The summed E-state index contributed by atoms with van der Waals surface area (Å²) in [5.41, 5.74) is 0.0282. The molecule has 0 N–H and O–H groups in total. The average molecular weight is 300 g/mol. The highest BCUT2D eigenvalue weighted by Gasteiger charge is 2.16. The van der Waals surface area contributed by atoms with Crippen LogP contribution in [0.1, 0.15) is 27.2 Å². The number of carbonyl (C=O) groups excluding carboxylic acids is 1. The predicted molar refractivity (Wildman–Crippen MR) is 87.9 cm³/mol. The number of thioether (sulfide) groups is 1. The third-order valence-electron chi connectivity index (χ3n) is 2.71. The molecule has 0 fully saturated rings. The summed E-state index contributed by atoms with van der Waals surface area (Å²) in [6.45, 7) is 6.22. The molecule has 0 aliphatic heterocycles. The van der Waals surface area contributed by atoms with Gasteiger partial charge in [-0.15, -0.1) is 0 Å². The van der Waals surface area contributed by atoms with Gasteiger partial charge in [-0.2, -0.15) is 0 Å². The zero-order chi connectivity index (χ0) is 15.3. The van der Waals surface area contributed by atoms with E-state index in [1.165, 1.54) is 11.8 Å². The first-order chi connectivity index (χ1) is 9.92.